The highest BCUT2D eigenvalue weighted by molar-refractivity contribution is 6.30. The minimum atomic E-state index is 0.729. The summed E-state index contributed by atoms with van der Waals surface area (Å²) in [5.41, 5.74) is 2.62. The van der Waals surface area contributed by atoms with Crippen LogP contribution in [0.3, 0.4) is 0 Å². The van der Waals surface area contributed by atoms with Gasteiger partial charge < -0.3 is 10.2 Å². The second-order valence-corrected chi connectivity index (χ2v) is 6.52. The van der Waals surface area contributed by atoms with E-state index < -0.39 is 0 Å². The standard InChI is InChI=1S/C16H25ClN2/c1-12(2)9-18-10-14-6-7-19(11-14)16-8-15(17)5-4-13(16)3/h4-5,8,12,14,18H,6-7,9-11H2,1-3H3. The van der Waals surface area contributed by atoms with Crippen LogP contribution in [0, 0.1) is 18.8 Å². The summed E-state index contributed by atoms with van der Waals surface area (Å²) in [5.74, 6) is 1.49. The Hall–Kier alpha value is -0.730. The van der Waals surface area contributed by atoms with Crippen LogP contribution in [0.5, 0.6) is 0 Å². The normalized spacial score (nSPS) is 19.4. The molecule has 1 aromatic carbocycles. The molecule has 1 N–H and O–H groups in total. The quantitative estimate of drug-likeness (QED) is 0.884. The van der Waals surface area contributed by atoms with Crippen LogP contribution in [0.25, 0.3) is 0 Å². The summed E-state index contributed by atoms with van der Waals surface area (Å²) in [6.45, 7) is 11.2. The second-order valence-electron chi connectivity index (χ2n) is 6.08. The molecule has 1 atom stereocenters. The number of anilines is 1. The lowest BCUT2D eigenvalue weighted by molar-refractivity contribution is 0.477. The van der Waals surface area contributed by atoms with Crippen LogP contribution in [-0.4, -0.2) is 26.2 Å². The van der Waals surface area contributed by atoms with Gasteiger partial charge in [-0.1, -0.05) is 31.5 Å². The Balaban J connectivity index is 1.89. The largest absolute Gasteiger partial charge is 0.371 e. The van der Waals surface area contributed by atoms with Crippen molar-refractivity contribution in [1.82, 2.24) is 5.32 Å². The van der Waals surface area contributed by atoms with E-state index in [1.54, 1.807) is 0 Å². The fraction of sp³-hybridized carbons (Fsp3) is 0.625. The monoisotopic (exact) mass is 280 g/mol. The molecule has 0 bridgehead atoms. The molecular formula is C16H25ClN2. The minimum Gasteiger partial charge on any atom is -0.371 e. The number of rotatable bonds is 5. The van der Waals surface area contributed by atoms with E-state index in [2.05, 4.69) is 43.1 Å². The van der Waals surface area contributed by atoms with E-state index in [0.29, 0.717) is 0 Å². The van der Waals surface area contributed by atoms with E-state index in [-0.39, 0.29) is 0 Å². The van der Waals surface area contributed by atoms with Crippen LogP contribution >= 0.6 is 11.6 Å². The van der Waals surface area contributed by atoms with Crippen LogP contribution in [0.4, 0.5) is 5.69 Å². The van der Waals surface area contributed by atoms with E-state index in [0.717, 1.165) is 43.0 Å². The number of hydrogen-bond donors (Lipinski definition) is 1. The number of hydrogen-bond acceptors (Lipinski definition) is 2. The Morgan fingerprint density at radius 2 is 2.21 bits per heavy atom. The molecule has 1 aliphatic heterocycles. The zero-order valence-electron chi connectivity index (χ0n) is 12.2. The van der Waals surface area contributed by atoms with Gasteiger partial charge in [0.1, 0.15) is 0 Å². The average Bonchev–Trinajstić information content (AvgIpc) is 2.80. The molecule has 0 saturated carbocycles. The Kier molecular flexibility index (Phi) is 5.12. The van der Waals surface area contributed by atoms with Gasteiger partial charge in [0.15, 0.2) is 0 Å². The van der Waals surface area contributed by atoms with Crippen molar-refractivity contribution in [3.63, 3.8) is 0 Å². The van der Waals surface area contributed by atoms with Gasteiger partial charge in [-0.3, -0.25) is 0 Å². The Morgan fingerprint density at radius 1 is 1.42 bits per heavy atom. The van der Waals surface area contributed by atoms with Gasteiger partial charge in [-0.15, -0.1) is 0 Å². The Labute approximate surface area is 122 Å². The molecule has 0 aromatic heterocycles. The molecule has 1 heterocycles. The number of benzene rings is 1. The zero-order valence-corrected chi connectivity index (χ0v) is 13.0. The molecule has 0 spiro atoms. The molecule has 1 unspecified atom stereocenters. The van der Waals surface area contributed by atoms with Crippen LogP contribution in [0.15, 0.2) is 18.2 Å². The lowest BCUT2D eigenvalue weighted by Gasteiger charge is -2.21. The summed E-state index contributed by atoms with van der Waals surface area (Å²) in [4.78, 5) is 2.48. The van der Waals surface area contributed by atoms with Crippen molar-refractivity contribution in [2.24, 2.45) is 11.8 Å². The summed E-state index contributed by atoms with van der Waals surface area (Å²) in [6, 6.07) is 6.18. The first kappa shape index (κ1) is 14.7. The first-order chi connectivity index (χ1) is 9.06. The molecular weight excluding hydrogens is 256 g/mol. The number of nitrogens with one attached hydrogen (secondary N) is 1. The molecule has 1 fully saturated rings. The molecule has 1 aliphatic rings. The van der Waals surface area contributed by atoms with E-state index in [4.69, 9.17) is 11.6 Å². The molecule has 0 amide bonds. The molecule has 1 saturated heterocycles. The zero-order chi connectivity index (χ0) is 13.8. The fourth-order valence-corrected chi connectivity index (χ4v) is 2.88. The highest BCUT2D eigenvalue weighted by Crippen LogP contribution is 2.29. The number of halogens is 1. The highest BCUT2D eigenvalue weighted by Gasteiger charge is 2.23. The van der Waals surface area contributed by atoms with E-state index in [1.165, 1.54) is 17.7 Å². The maximum absolute atomic E-state index is 6.11. The summed E-state index contributed by atoms with van der Waals surface area (Å²) >= 11 is 6.11. The van der Waals surface area contributed by atoms with Crippen molar-refractivity contribution in [2.45, 2.75) is 27.2 Å². The molecule has 2 nitrogen and oxygen atoms in total. The van der Waals surface area contributed by atoms with Gasteiger partial charge in [-0.05, 0) is 56.0 Å². The second kappa shape index (κ2) is 6.62. The highest BCUT2D eigenvalue weighted by atomic mass is 35.5. The van der Waals surface area contributed by atoms with Crippen molar-refractivity contribution in [3.8, 4) is 0 Å². The first-order valence-electron chi connectivity index (χ1n) is 7.28. The predicted molar refractivity (Wildman–Crippen MR) is 84.2 cm³/mol. The van der Waals surface area contributed by atoms with Gasteiger partial charge in [-0.25, -0.2) is 0 Å². The SMILES string of the molecule is Cc1ccc(Cl)cc1N1CCC(CNCC(C)C)C1. The maximum atomic E-state index is 6.11. The number of aryl methyl sites for hydroxylation is 1. The van der Waals surface area contributed by atoms with Crippen molar-refractivity contribution >= 4 is 17.3 Å². The van der Waals surface area contributed by atoms with Crippen molar-refractivity contribution in [1.29, 1.82) is 0 Å². The molecule has 106 valence electrons. The van der Waals surface area contributed by atoms with E-state index >= 15 is 0 Å². The van der Waals surface area contributed by atoms with Crippen LogP contribution in [-0.2, 0) is 0 Å². The summed E-state index contributed by atoms with van der Waals surface area (Å²) in [6.07, 6.45) is 1.27. The summed E-state index contributed by atoms with van der Waals surface area (Å²) in [5, 5.41) is 4.41. The number of nitrogens with zero attached hydrogens (tertiary/aromatic N) is 1. The molecule has 0 aliphatic carbocycles. The average molecular weight is 281 g/mol. The van der Waals surface area contributed by atoms with E-state index in [1.807, 2.05) is 6.07 Å². The van der Waals surface area contributed by atoms with Gasteiger partial charge in [-0.2, -0.15) is 0 Å². The van der Waals surface area contributed by atoms with Crippen molar-refractivity contribution in [3.05, 3.63) is 28.8 Å². The molecule has 1 aromatic rings. The van der Waals surface area contributed by atoms with Gasteiger partial charge in [0.25, 0.3) is 0 Å². The van der Waals surface area contributed by atoms with Crippen LogP contribution < -0.4 is 10.2 Å². The lowest BCUT2D eigenvalue weighted by atomic mass is 10.1. The maximum Gasteiger partial charge on any atom is 0.0426 e. The lowest BCUT2D eigenvalue weighted by Crippen LogP contribution is -2.28. The summed E-state index contributed by atoms with van der Waals surface area (Å²) in [7, 11) is 0. The Bertz CT molecular complexity index is 417. The topological polar surface area (TPSA) is 15.3 Å². The van der Waals surface area contributed by atoms with Crippen LogP contribution in [0.1, 0.15) is 25.8 Å². The molecule has 19 heavy (non-hydrogen) atoms. The third-order valence-corrected chi connectivity index (χ3v) is 4.02. The van der Waals surface area contributed by atoms with Gasteiger partial charge in [0.05, 0.1) is 0 Å². The summed E-state index contributed by atoms with van der Waals surface area (Å²) < 4.78 is 0. The van der Waals surface area contributed by atoms with Crippen LogP contribution in [0.2, 0.25) is 5.02 Å². The van der Waals surface area contributed by atoms with E-state index in [9.17, 15) is 0 Å². The predicted octanol–water partition coefficient (Wildman–Crippen LogP) is 3.72. The third kappa shape index (κ3) is 4.12. The smallest absolute Gasteiger partial charge is 0.0426 e. The van der Waals surface area contributed by atoms with Crippen molar-refractivity contribution in [2.75, 3.05) is 31.1 Å². The molecule has 0 radical (unpaired) electrons. The van der Waals surface area contributed by atoms with Gasteiger partial charge >= 0.3 is 0 Å². The minimum absolute atomic E-state index is 0.729. The fourth-order valence-electron chi connectivity index (χ4n) is 2.72. The van der Waals surface area contributed by atoms with Gasteiger partial charge in [0.2, 0.25) is 0 Å². The molecule has 3 heteroatoms. The Morgan fingerprint density at radius 3 is 2.95 bits per heavy atom. The van der Waals surface area contributed by atoms with Gasteiger partial charge in [0, 0.05) is 23.8 Å². The first-order valence-corrected chi connectivity index (χ1v) is 7.66. The van der Waals surface area contributed by atoms with Crippen molar-refractivity contribution < 1.29 is 0 Å². The molecule has 2 rings (SSSR count). The third-order valence-electron chi connectivity index (χ3n) is 3.78.